The monoisotopic (exact) mass is 362 g/mol. The van der Waals surface area contributed by atoms with Gasteiger partial charge in [-0.25, -0.2) is 4.79 Å². The van der Waals surface area contributed by atoms with Crippen LogP contribution in [0.2, 0.25) is 0 Å². The summed E-state index contributed by atoms with van der Waals surface area (Å²) < 4.78 is 7.19. The molecule has 0 N–H and O–H groups in total. The molecule has 2 amide bonds. The maximum Gasteiger partial charge on any atom is 0.410 e. The van der Waals surface area contributed by atoms with Gasteiger partial charge in [-0.2, -0.15) is 5.10 Å². The summed E-state index contributed by atoms with van der Waals surface area (Å²) in [6, 6.07) is 2.03. The van der Waals surface area contributed by atoms with E-state index in [4.69, 9.17) is 4.74 Å². The molecule has 3 heterocycles. The molecule has 7 heteroatoms. The van der Waals surface area contributed by atoms with Gasteiger partial charge in [-0.05, 0) is 53.0 Å². The van der Waals surface area contributed by atoms with Crippen LogP contribution in [-0.2, 0) is 10.3 Å². The van der Waals surface area contributed by atoms with Crippen LogP contribution < -0.4 is 0 Å². The molecule has 2 fully saturated rings. The van der Waals surface area contributed by atoms with Crippen molar-refractivity contribution in [2.24, 2.45) is 0 Å². The van der Waals surface area contributed by atoms with E-state index in [0.29, 0.717) is 25.3 Å². The van der Waals surface area contributed by atoms with Gasteiger partial charge in [-0.15, -0.1) is 0 Å². The number of piperidine rings is 1. The van der Waals surface area contributed by atoms with E-state index in [1.54, 1.807) is 0 Å². The lowest BCUT2D eigenvalue weighted by atomic mass is 10.0. The molecule has 2 saturated heterocycles. The molecule has 144 valence electrons. The number of nitrogens with zero attached hydrogens (tertiary/aromatic N) is 4. The van der Waals surface area contributed by atoms with Crippen LogP contribution in [0, 0.1) is 6.92 Å². The molecule has 1 unspecified atom stereocenters. The second kappa shape index (κ2) is 6.93. The third-order valence-electron chi connectivity index (χ3n) is 5.24. The standard InChI is InChI=1S/C19H30N4O3/c1-6-15-12-22(18(25)26-15)14-7-9-21(10-8-14)17(24)16-11-13(2)20-23(16)19(3,4)5/h11,14-15H,6-10,12H2,1-5H3. The average Bonchev–Trinajstić information content (AvgIpc) is 3.17. The molecular weight excluding hydrogens is 332 g/mol. The molecule has 1 aromatic heterocycles. The molecule has 0 aliphatic carbocycles. The van der Waals surface area contributed by atoms with Crippen molar-refractivity contribution >= 4 is 12.0 Å². The summed E-state index contributed by atoms with van der Waals surface area (Å²) in [4.78, 5) is 28.8. The van der Waals surface area contributed by atoms with Crippen LogP contribution in [0.25, 0.3) is 0 Å². The Morgan fingerprint density at radius 3 is 2.50 bits per heavy atom. The second-order valence-corrected chi connectivity index (χ2v) is 8.34. The van der Waals surface area contributed by atoms with Crippen LogP contribution in [0.1, 0.15) is 63.1 Å². The molecule has 7 nitrogen and oxygen atoms in total. The lowest BCUT2D eigenvalue weighted by molar-refractivity contribution is 0.0639. The van der Waals surface area contributed by atoms with E-state index in [1.807, 2.05) is 55.2 Å². The van der Waals surface area contributed by atoms with E-state index in [0.717, 1.165) is 25.0 Å². The van der Waals surface area contributed by atoms with E-state index in [2.05, 4.69) is 5.10 Å². The van der Waals surface area contributed by atoms with Crippen molar-refractivity contribution in [1.82, 2.24) is 19.6 Å². The number of aromatic nitrogens is 2. The Bertz CT molecular complexity index is 683. The van der Waals surface area contributed by atoms with Crippen LogP contribution >= 0.6 is 0 Å². The fourth-order valence-corrected chi connectivity index (χ4v) is 3.76. The van der Waals surface area contributed by atoms with E-state index in [9.17, 15) is 9.59 Å². The lowest BCUT2D eigenvalue weighted by Crippen LogP contribution is -2.48. The van der Waals surface area contributed by atoms with Gasteiger partial charge in [0.25, 0.3) is 5.91 Å². The predicted octanol–water partition coefficient (Wildman–Crippen LogP) is 2.78. The Balaban J connectivity index is 1.66. The fraction of sp³-hybridized carbons (Fsp3) is 0.737. The number of carbonyl (C=O) groups excluding carboxylic acids is 2. The van der Waals surface area contributed by atoms with E-state index < -0.39 is 0 Å². The highest BCUT2D eigenvalue weighted by Crippen LogP contribution is 2.25. The van der Waals surface area contributed by atoms with Gasteiger partial charge in [0, 0.05) is 19.1 Å². The lowest BCUT2D eigenvalue weighted by Gasteiger charge is -2.36. The first kappa shape index (κ1) is 18.7. The summed E-state index contributed by atoms with van der Waals surface area (Å²) in [5.74, 6) is 0.0226. The topological polar surface area (TPSA) is 67.7 Å². The van der Waals surface area contributed by atoms with Gasteiger partial charge in [-0.1, -0.05) is 6.92 Å². The molecule has 26 heavy (non-hydrogen) atoms. The Morgan fingerprint density at radius 1 is 1.31 bits per heavy atom. The first-order valence-electron chi connectivity index (χ1n) is 9.54. The van der Waals surface area contributed by atoms with Gasteiger partial charge in [0.15, 0.2) is 0 Å². The van der Waals surface area contributed by atoms with Crippen LogP contribution in [0.15, 0.2) is 6.07 Å². The van der Waals surface area contributed by atoms with Crippen LogP contribution in [0.4, 0.5) is 4.79 Å². The van der Waals surface area contributed by atoms with Gasteiger partial charge in [0.1, 0.15) is 11.8 Å². The number of ether oxygens (including phenoxy) is 1. The van der Waals surface area contributed by atoms with E-state index >= 15 is 0 Å². The normalized spacial score (nSPS) is 22.0. The Kier molecular flexibility index (Phi) is 4.99. The number of cyclic esters (lactones) is 1. The van der Waals surface area contributed by atoms with Crippen molar-refractivity contribution in [2.75, 3.05) is 19.6 Å². The number of likely N-dealkylation sites (tertiary alicyclic amines) is 1. The number of hydrogen-bond acceptors (Lipinski definition) is 4. The van der Waals surface area contributed by atoms with E-state index in [-0.39, 0.29) is 29.7 Å². The number of hydrogen-bond donors (Lipinski definition) is 0. The Morgan fingerprint density at radius 2 is 1.96 bits per heavy atom. The van der Waals surface area contributed by atoms with Crippen molar-refractivity contribution in [2.45, 2.75) is 71.6 Å². The van der Waals surface area contributed by atoms with Gasteiger partial charge in [0.2, 0.25) is 0 Å². The predicted molar refractivity (Wildman–Crippen MR) is 98.2 cm³/mol. The van der Waals surface area contributed by atoms with Gasteiger partial charge >= 0.3 is 6.09 Å². The highest BCUT2D eigenvalue weighted by Gasteiger charge is 2.38. The van der Waals surface area contributed by atoms with Crippen LogP contribution in [0.5, 0.6) is 0 Å². The van der Waals surface area contributed by atoms with Gasteiger partial charge < -0.3 is 14.5 Å². The zero-order valence-corrected chi connectivity index (χ0v) is 16.5. The molecule has 0 spiro atoms. The summed E-state index contributed by atoms with van der Waals surface area (Å²) >= 11 is 0. The number of carbonyl (C=O) groups is 2. The summed E-state index contributed by atoms with van der Waals surface area (Å²) in [6.45, 7) is 12.1. The van der Waals surface area contributed by atoms with E-state index in [1.165, 1.54) is 0 Å². The highest BCUT2D eigenvalue weighted by molar-refractivity contribution is 5.93. The summed E-state index contributed by atoms with van der Waals surface area (Å²) in [5, 5.41) is 4.50. The molecule has 0 saturated carbocycles. The summed E-state index contributed by atoms with van der Waals surface area (Å²) in [7, 11) is 0. The zero-order chi connectivity index (χ0) is 19.1. The van der Waals surface area contributed by atoms with Crippen molar-refractivity contribution in [3.8, 4) is 0 Å². The molecule has 0 aromatic carbocycles. The molecular formula is C19H30N4O3. The molecule has 0 radical (unpaired) electrons. The first-order chi connectivity index (χ1) is 12.2. The third kappa shape index (κ3) is 3.57. The molecule has 2 aliphatic rings. The summed E-state index contributed by atoms with van der Waals surface area (Å²) in [6.07, 6.45) is 2.23. The Hall–Kier alpha value is -2.05. The largest absolute Gasteiger partial charge is 0.444 e. The minimum Gasteiger partial charge on any atom is -0.444 e. The summed E-state index contributed by atoms with van der Waals surface area (Å²) in [5.41, 5.74) is 1.25. The Labute approximate surface area is 155 Å². The van der Waals surface area contributed by atoms with Crippen LogP contribution in [0.3, 0.4) is 0 Å². The molecule has 3 rings (SSSR count). The maximum absolute atomic E-state index is 13.0. The molecule has 0 bridgehead atoms. The van der Waals surface area contributed by atoms with Crippen molar-refractivity contribution in [1.29, 1.82) is 0 Å². The van der Waals surface area contributed by atoms with Gasteiger partial charge in [-0.3, -0.25) is 9.48 Å². The zero-order valence-electron chi connectivity index (χ0n) is 16.5. The molecule has 1 aromatic rings. The van der Waals surface area contributed by atoms with Crippen molar-refractivity contribution in [3.05, 3.63) is 17.5 Å². The maximum atomic E-state index is 13.0. The highest BCUT2D eigenvalue weighted by atomic mass is 16.6. The SMILES string of the molecule is CCC1CN(C2CCN(C(=O)c3cc(C)nn3C(C)(C)C)CC2)C(=O)O1. The quantitative estimate of drug-likeness (QED) is 0.829. The smallest absolute Gasteiger partial charge is 0.410 e. The molecule has 2 aliphatic heterocycles. The number of aryl methyl sites for hydroxylation is 1. The third-order valence-corrected chi connectivity index (χ3v) is 5.24. The fourth-order valence-electron chi connectivity index (χ4n) is 3.76. The van der Waals surface area contributed by atoms with Crippen molar-refractivity contribution < 1.29 is 14.3 Å². The number of amides is 2. The van der Waals surface area contributed by atoms with Gasteiger partial charge in [0.05, 0.1) is 17.8 Å². The first-order valence-corrected chi connectivity index (χ1v) is 9.54. The van der Waals surface area contributed by atoms with Crippen LogP contribution in [-0.4, -0.2) is 63.4 Å². The molecule has 1 atom stereocenters. The van der Waals surface area contributed by atoms with Crippen molar-refractivity contribution in [3.63, 3.8) is 0 Å². The number of rotatable bonds is 3. The minimum atomic E-state index is -0.244. The average molecular weight is 362 g/mol. The second-order valence-electron chi connectivity index (χ2n) is 8.34. The minimum absolute atomic E-state index is 0.00581.